The Bertz CT molecular complexity index is 843. The number of morpholine rings is 1. The number of amides is 1. The third-order valence-electron chi connectivity index (χ3n) is 5.15. The van der Waals surface area contributed by atoms with E-state index >= 15 is 0 Å². The Kier molecular flexibility index (Phi) is 7.17. The normalized spacial score (nSPS) is 16.4. The molecule has 28 heavy (non-hydrogen) atoms. The number of rotatable bonds is 8. The molecular formula is C21H30N4O3. The molecule has 1 aliphatic heterocycles. The van der Waals surface area contributed by atoms with Gasteiger partial charge in [-0.15, -0.1) is 0 Å². The molecule has 1 fully saturated rings. The van der Waals surface area contributed by atoms with Crippen molar-refractivity contribution in [1.29, 1.82) is 0 Å². The molecule has 1 atom stereocenters. The molecule has 2 aromatic rings. The lowest BCUT2D eigenvalue weighted by molar-refractivity contribution is -0.121. The highest BCUT2D eigenvalue weighted by Gasteiger charge is 2.22. The second kappa shape index (κ2) is 9.80. The van der Waals surface area contributed by atoms with Crippen molar-refractivity contribution < 1.29 is 9.53 Å². The molecule has 0 radical (unpaired) electrons. The van der Waals surface area contributed by atoms with E-state index in [1.165, 1.54) is 6.20 Å². The number of benzene rings is 1. The molecule has 7 nitrogen and oxygen atoms in total. The van der Waals surface area contributed by atoms with Crippen LogP contribution in [0.4, 0.5) is 0 Å². The van der Waals surface area contributed by atoms with Gasteiger partial charge in [0, 0.05) is 37.5 Å². The van der Waals surface area contributed by atoms with E-state index in [1.807, 2.05) is 18.2 Å². The average Bonchev–Trinajstić information content (AvgIpc) is 2.71. The van der Waals surface area contributed by atoms with E-state index in [-0.39, 0.29) is 11.3 Å². The maximum absolute atomic E-state index is 12.4. The number of carbonyl (C=O) groups excluding carboxylic acids is 1. The summed E-state index contributed by atoms with van der Waals surface area (Å²) < 4.78 is 7.18. The maximum Gasteiger partial charge on any atom is 0.221 e. The fourth-order valence-electron chi connectivity index (χ4n) is 3.71. The molecule has 152 valence electrons. The fourth-order valence-corrected chi connectivity index (χ4v) is 3.71. The average molecular weight is 386 g/mol. The van der Waals surface area contributed by atoms with Gasteiger partial charge in [0.1, 0.15) is 0 Å². The first kappa shape index (κ1) is 20.5. The minimum atomic E-state index is -0.0988. The molecule has 1 aromatic carbocycles. The number of ether oxygens (including phenoxy) is 1. The van der Waals surface area contributed by atoms with Gasteiger partial charge in [0.2, 0.25) is 11.3 Å². The summed E-state index contributed by atoms with van der Waals surface area (Å²) >= 11 is 0. The second-order valence-corrected chi connectivity index (χ2v) is 7.73. The summed E-state index contributed by atoms with van der Waals surface area (Å²) in [6.07, 6.45) is 2.70. The van der Waals surface area contributed by atoms with E-state index in [0.29, 0.717) is 36.9 Å². The summed E-state index contributed by atoms with van der Waals surface area (Å²) in [5, 5.41) is 7.91. The third kappa shape index (κ3) is 5.39. The van der Waals surface area contributed by atoms with Crippen molar-refractivity contribution in [2.45, 2.75) is 39.3 Å². The molecule has 0 saturated carbocycles. The lowest BCUT2D eigenvalue weighted by atomic mass is 10.0. The fraction of sp³-hybridized carbons (Fsp3) is 0.571. The lowest BCUT2D eigenvalue weighted by Crippen LogP contribution is -2.49. The van der Waals surface area contributed by atoms with Crippen LogP contribution in [-0.4, -0.2) is 59.5 Å². The monoisotopic (exact) mass is 386 g/mol. The van der Waals surface area contributed by atoms with Gasteiger partial charge in [-0.25, -0.2) is 0 Å². The van der Waals surface area contributed by atoms with E-state index in [4.69, 9.17) is 4.74 Å². The highest BCUT2D eigenvalue weighted by atomic mass is 16.5. The van der Waals surface area contributed by atoms with E-state index in [0.717, 1.165) is 38.2 Å². The van der Waals surface area contributed by atoms with Crippen LogP contribution >= 0.6 is 0 Å². The quantitative estimate of drug-likeness (QED) is 0.747. The summed E-state index contributed by atoms with van der Waals surface area (Å²) in [7, 11) is 0. The second-order valence-electron chi connectivity index (χ2n) is 7.73. The van der Waals surface area contributed by atoms with Gasteiger partial charge in [-0.1, -0.05) is 26.0 Å². The first-order valence-electron chi connectivity index (χ1n) is 10.1. The van der Waals surface area contributed by atoms with E-state index in [1.54, 1.807) is 10.7 Å². The minimum absolute atomic E-state index is 0.00611. The molecular weight excluding hydrogens is 356 g/mol. The molecule has 1 unspecified atom stereocenters. The van der Waals surface area contributed by atoms with Gasteiger partial charge in [-0.2, -0.15) is 5.10 Å². The van der Waals surface area contributed by atoms with Crippen LogP contribution in [0.1, 0.15) is 26.7 Å². The predicted octanol–water partition coefficient (Wildman–Crippen LogP) is 1.65. The maximum atomic E-state index is 12.4. The first-order valence-corrected chi connectivity index (χ1v) is 10.1. The number of aromatic nitrogens is 2. The van der Waals surface area contributed by atoms with Gasteiger partial charge in [0.25, 0.3) is 0 Å². The van der Waals surface area contributed by atoms with Gasteiger partial charge in [0.05, 0.1) is 31.5 Å². The van der Waals surface area contributed by atoms with E-state index in [2.05, 4.69) is 29.2 Å². The van der Waals surface area contributed by atoms with Gasteiger partial charge in [-0.3, -0.25) is 19.2 Å². The molecule has 3 rings (SSSR count). The van der Waals surface area contributed by atoms with E-state index in [9.17, 15) is 9.59 Å². The summed E-state index contributed by atoms with van der Waals surface area (Å²) in [6.45, 7) is 8.86. The van der Waals surface area contributed by atoms with Crippen LogP contribution in [0.5, 0.6) is 0 Å². The number of aryl methyl sites for hydroxylation is 1. The molecule has 0 aliphatic carbocycles. The molecule has 0 bridgehead atoms. The largest absolute Gasteiger partial charge is 0.379 e. The number of nitrogens with zero attached hydrogens (tertiary/aromatic N) is 3. The molecule has 1 saturated heterocycles. The SMILES string of the molecule is CC(C)CC(CNC(=O)CCn1ncc(=O)c2ccccc21)N1CCOCC1. The van der Waals surface area contributed by atoms with Crippen molar-refractivity contribution in [3.63, 3.8) is 0 Å². The van der Waals surface area contributed by atoms with Crippen molar-refractivity contribution in [2.24, 2.45) is 5.92 Å². The number of hydrogen-bond donors (Lipinski definition) is 1. The van der Waals surface area contributed by atoms with Crippen molar-refractivity contribution >= 4 is 16.8 Å². The number of carbonyl (C=O) groups is 1. The third-order valence-corrected chi connectivity index (χ3v) is 5.15. The Hall–Kier alpha value is -2.25. The molecule has 1 amide bonds. The molecule has 0 spiro atoms. The Morgan fingerprint density at radius 1 is 1.25 bits per heavy atom. The zero-order chi connectivity index (χ0) is 19.9. The van der Waals surface area contributed by atoms with Crippen LogP contribution in [0.3, 0.4) is 0 Å². The molecule has 7 heteroatoms. The lowest BCUT2D eigenvalue weighted by Gasteiger charge is -2.35. The van der Waals surface area contributed by atoms with Crippen LogP contribution in [0.25, 0.3) is 10.9 Å². The number of hydrogen-bond acceptors (Lipinski definition) is 5. The van der Waals surface area contributed by atoms with Crippen molar-refractivity contribution in [3.8, 4) is 0 Å². The Balaban J connectivity index is 1.56. The summed E-state index contributed by atoms with van der Waals surface area (Å²) in [5.41, 5.74) is 0.659. The van der Waals surface area contributed by atoms with Gasteiger partial charge < -0.3 is 10.1 Å². The van der Waals surface area contributed by atoms with Crippen LogP contribution in [0.15, 0.2) is 35.3 Å². The summed E-state index contributed by atoms with van der Waals surface area (Å²) in [4.78, 5) is 26.8. The molecule has 1 aromatic heterocycles. The van der Waals surface area contributed by atoms with Gasteiger partial charge >= 0.3 is 0 Å². The van der Waals surface area contributed by atoms with Crippen molar-refractivity contribution in [1.82, 2.24) is 20.0 Å². The zero-order valence-corrected chi connectivity index (χ0v) is 16.8. The minimum Gasteiger partial charge on any atom is -0.379 e. The van der Waals surface area contributed by atoms with Gasteiger partial charge in [0.15, 0.2) is 0 Å². The predicted molar refractivity (Wildman–Crippen MR) is 109 cm³/mol. The van der Waals surface area contributed by atoms with Crippen molar-refractivity contribution in [2.75, 3.05) is 32.8 Å². The van der Waals surface area contributed by atoms with Crippen molar-refractivity contribution in [3.05, 3.63) is 40.7 Å². The summed E-state index contributed by atoms with van der Waals surface area (Å²) in [6, 6.07) is 7.69. The first-order chi connectivity index (χ1) is 13.5. The van der Waals surface area contributed by atoms with Crippen LogP contribution < -0.4 is 10.7 Å². The topological polar surface area (TPSA) is 76.5 Å². The van der Waals surface area contributed by atoms with Crippen LogP contribution in [-0.2, 0) is 16.1 Å². The van der Waals surface area contributed by atoms with Crippen LogP contribution in [0, 0.1) is 5.92 Å². The number of fused-ring (bicyclic) bond motifs is 1. The summed E-state index contributed by atoms with van der Waals surface area (Å²) in [5.74, 6) is 0.577. The van der Waals surface area contributed by atoms with Crippen LogP contribution in [0.2, 0.25) is 0 Å². The number of para-hydroxylation sites is 1. The number of nitrogens with one attached hydrogen (secondary N) is 1. The molecule has 1 N–H and O–H groups in total. The molecule has 1 aliphatic rings. The highest BCUT2D eigenvalue weighted by molar-refractivity contribution is 5.79. The Labute approximate surface area is 165 Å². The van der Waals surface area contributed by atoms with Gasteiger partial charge in [-0.05, 0) is 24.5 Å². The Morgan fingerprint density at radius 3 is 2.75 bits per heavy atom. The van der Waals surface area contributed by atoms with E-state index < -0.39 is 0 Å². The smallest absolute Gasteiger partial charge is 0.221 e. The Morgan fingerprint density at radius 2 is 2.00 bits per heavy atom. The zero-order valence-electron chi connectivity index (χ0n) is 16.8. The molecule has 2 heterocycles. The standard InChI is InChI=1S/C21H30N4O3/c1-16(2)13-17(24-9-11-28-12-10-24)14-22-21(27)7-8-25-19-6-4-3-5-18(19)20(26)15-23-25/h3-6,15-17H,7-14H2,1-2H3,(H,22,27). The highest BCUT2D eigenvalue weighted by Crippen LogP contribution is 2.13.